The Balaban J connectivity index is 0. The summed E-state index contributed by atoms with van der Waals surface area (Å²) in [5.74, 6) is -0.927. The summed E-state index contributed by atoms with van der Waals surface area (Å²) in [6, 6.07) is 0. The first-order valence-corrected chi connectivity index (χ1v) is 2.69. The molecule has 0 heterocycles. The zero-order valence-corrected chi connectivity index (χ0v) is 5.29. The standard InChI is InChI=1S/C6H10O3.H4Si/c1-5(6(8)9)3-2-4-7;/h3,7H,2,4H2,1H3,(H,8,9);1H4. The average Bonchev–Trinajstić information content (AvgIpc) is 1.82. The molecule has 4 heteroatoms. The highest BCUT2D eigenvalue weighted by Gasteiger charge is 1.96. The molecule has 0 aliphatic carbocycles. The van der Waals surface area contributed by atoms with Crippen LogP contribution in [-0.4, -0.2) is 33.8 Å². The molecule has 0 aromatic carbocycles. The third kappa shape index (κ3) is 5.52. The molecule has 2 N–H and O–H groups in total. The van der Waals surface area contributed by atoms with E-state index in [-0.39, 0.29) is 23.1 Å². The Bertz CT molecular complexity index is 131. The van der Waals surface area contributed by atoms with E-state index in [2.05, 4.69) is 0 Å². The van der Waals surface area contributed by atoms with E-state index in [9.17, 15) is 4.79 Å². The van der Waals surface area contributed by atoms with Crippen LogP contribution >= 0.6 is 0 Å². The van der Waals surface area contributed by atoms with E-state index in [0.29, 0.717) is 6.42 Å². The Hall–Kier alpha value is -0.613. The number of carboxylic acid groups (broad SMARTS) is 1. The molecule has 0 unspecified atom stereocenters. The Morgan fingerprint density at radius 3 is 2.40 bits per heavy atom. The van der Waals surface area contributed by atoms with Crippen molar-refractivity contribution in [3.05, 3.63) is 11.6 Å². The van der Waals surface area contributed by atoms with Gasteiger partial charge < -0.3 is 10.2 Å². The minimum Gasteiger partial charge on any atom is -0.478 e. The summed E-state index contributed by atoms with van der Waals surface area (Å²) in [5.41, 5.74) is 0.282. The zero-order chi connectivity index (χ0) is 7.28. The van der Waals surface area contributed by atoms with E-state index in [1.54, 1.807) is 0 Å². The van der Waals surface area contributed by atoms with Gasteiger partial charge >= 0.3 is 5.97 Å². The number of aliphatic hydroxyl groups is 1. The number of hydrogen-bond acceptors (Lipinski definition) is 2. The smallest absolute Gasteiger partial charge is 0.330 e. The van der Waals surface area contributed by atoms with Crippen molar-refractivity contribution in [1.82, 2.24) is 0 Å². The third-order valence-electron chi connectivity index (χ3n) is 0.917. The van der Waals surface area contributed by atoms with E-state index in [1.807, 2.05) is 0 Å². The number of hydrogen-bond donors (Lipinski definition) is 2. The molecule has 60 valence electrons. The second kappa shape index (κ2) is 6.51. The van der Waals surface area contributed by atoms with Crippen LogP contribution in [0.3, 0.4) is 0 Å². The summed E-state index contributed by atoms with van der Waals surface area (Å²) < 4.78 is 0. The molecular weight excluding hydrogens is 148 g/mol. The largest absolute Gasteiger partial charge is 0.478 e. The van der Waals surface area contributed by atoms with Gasteiger partial charge in [-0.05, 0) is 24.3 Å². The topological polar surface area (TPSA) is 57.5 Å². The highest BCUT2D eigenvalue weighted by molar-refractivity contribution is 5.85. The molecule has 3 nitrogen and oxygen atoms in total. The normalized spacial score (nSPS) is 10.4. The lowest BCUT2D eigenvalue weighted by Gasteiger charge is -1.89. The van der Waals surface area contributed by atoms with Crippen LogP contribution < -0.4 is 0 Å². The van der Waals surface area contributed by atoms with Crippen molar-refractivity contribution in [3.63, 3.8) is 0 Å². The van der Waals surface area contributed by atoms with Gasteiger partial charge in [-0.1, -0.05) is 6.08 Å². The SMILES string of the molecule is CC(=CCCO)C(=O)O.[SiH4]. The molecule has 10 heavy (non-hydrogen) atoms. The monoisotopic (exact) mass is 162 g/mol. The van der Waals surface area contributed by atoms with Crippen LogP contribution in [0.5, 0.6) is 0 Å². The van der Waals surface area contributed by atoms with E-state index < -0.39 is 5.97 Å². The maximum absolute atomic E-state index is 10.1. The zero-order valence-electron chi connectivity index (χ0n) is 5.29. The maximum Gasteiger partial charge on any atom is 0.330 e. The first kappa shape index (κ1) is 12.1. The van der Waals surface area contributed by atoms with Crippen LogP contribution in [0.1, 0.15) is 13.3 Å². The van der Waals surface area contributed by atoms with Crippen LogP contribution in [0.25, 0.3) is 0 Å². The van der Waals surface area contributed by atoms with Gasteiger partial charge in [0, 0.05) is 12.2 Å². The average molecular weight is 162 g/mol. The lowest BCUT2D eigenvalue weighted by molar-refractivity contribution is -0.132. The van der Waals surface area contributed by atoms with Crippen LogP contribution in [0, 0.1) is 0 Å². The first-order valence-electron chi connectivity index (χ1n) is 2.69. The molecule has 0 bridgehead atoms. The molecule has 0 aliphatic heterocycles. The molecule has 0 spiro atoms. The minimum absolute atomic E-state index is 0. The van der Waals surface area contributed by atoms with Crippen LogP contribution in [-0.2, 0) is 4.79 Å². The van der Waals surface area contributed by atoms with Crippen molar-refractivity contribution in [2.45, 2.75) is 13.3 Å². The summed E-state index contributed by atoms with van der Waals surface area (Å²) in [6.07, 6.45) is 1.90. The number of rotatable bonds is 3. The second-order valence-electron chi connectivity index (χ2n) is 1.70. The molecule has 0 saturated heterocycles. The number of carbonyl (C=O) groups is 1. The van der Waals surface area contributed by atoms with Gasteiger partial charge in [-0.15, -0.1) is 0 Å². The molecule has 0 amide bonds. The van der Waals surface area contributed by atoms with Gasteiger partial charge in [-0.3, -0.25) is 0 Å². The molecule has 0 radical (unpaired) electrons. The van der Waals surface area contributed by atoms with Gasteiger partial charge in [0.15, 0.2) is 0 Å². The molecule has 0 aliphatic rings. The Morgan fingerprint density at radius 2 is 2.10 bits per heavy atom. The van der Waals surface area contributed by atoms with Gasteiger partial charge in [-0.25, -0.2) is 4.79 Å². The summed E-state index contributed by atoms with van der Waals surface area (Å²) in [4.78, 5) is 10.1. The summed E-state index contributed by atoms with van der Waals surface area (Å²) in [6.45, 7) is 1.50. The lowest BCUT2D eigenvalue weighted by atomic mass is 10.2. The molecule has 0 aromatic rings. The van der Waals surface area contributed by atoms with Crippen molar-refractivity contribution in [2.24, 2.45) is 0 Å². The fourth-order valence-electron chi connectivity index (χ4n) is 0.368. The van der Waals surface area contributed by atoms with E-state index in [4.69, 9.17) is 10.2 Å². The lowest BCUT2D eigenvalue weighted by Crippen LogP contribution is -1.95. The Kier molecular flexibility index (Phi) is 7.87. The van der Waals surface area contributed by atoms with Crippen molar-refractivity contribution < 1.29 is 15.0 Å². The molecule has 0 aromatic heterocycles. The summed E-state index contributed by atoms with van der Waals surface area (Å²) in [7, 11) is 0. The maximum atomic E-state index is 10.1. The third-order valence-corrected chi connectivity index (χ3v) is 0.917. The number of carboxylic acids is 1. The van der Waals surface area contributed by atoms with Crippen molar-refractivity contribution in [1.29, 1.82) is 0 Å². The van der Waals surface area contributed by atoms with Gasteiger partial charge in [0.05, 0.1) is 0 Å². The molecular formula is C6H14O3Si. The fourth-order valence-corrected chi connectivity index (χ4v) is 0.368. The van der Waals surface area contributed by atoms with Gasteiger partial charge in [-0.2, -0.15) is 0 Å². The van der Waals surface area contributed by atoms with E-state index >= 15 is 0 Å². The fraction of sp³-hybridized carbons (Fsp3) is 0.500. The second-order valence-corrected chi connectivity index (χ2v) is 1.70. The molecule has 0 saturated carbocycles. The van der Waals surface area contributed by atoms with Crippen molar-refractivity contribution in [3.8, 4) is 0 Å². The predicted octanol–water partition coefficient (Wildman–Crippen LogP) is -1.05. The number of aliphatic carboxylic acids is 1. The highest BCUT2D eigenvalue weighted by atomic mass is 28.1. The van der Waals surface area contributed by atoms with Gasteiger partial charge in [0.25, 0.3) is 0 Å². The summed E-state index contributed by atoms with van der Waals surface area (Å²) in [5, 5.41) is 16.5. The minimum atomic E-state index is -0.927. The van der Waals surface area contributed by atoms with Crippen molar-refractivity contribution >= 4 is 16.9 Å². The highest BCUT2D eigenvalue weighted by Crippen LogP contribution is 1.93. The van der Waals surface area contributed by atoms with E-state index in [1.165, 1.54) is 13.0 Å². The van der Waals surface area contributed by atoms with Gasteiger partial charge in [0.1, 0.15) is 0 Å². The Labute approximate surface area is 64.4 Å². The summed E-state index contributed by atoms with van der Waals surface area (Å²) >= 11 is 0. The molecule has 0 atom stereocenters. The van der Waals surface area contributed by atoms with E-state index in [0.717, 1.165) is 0 Å². The van der Waals surface area contributed by atoms with Gasteiger partial charge in [0.2, 0.25) is 0 Å². The predicted molar refractivity (Wildman–Crippen MR) is 44.4 cm³/mol. The number of aliphatic hydroxyl groups excluding tert-OH is 1. The van der Waals surface area contributed by atoms with Crippen LogP contribution in [0.15, 0.2) is 11.6 Å². The van der Waals surface area contributed by atoms with Crippen LogP contribution in [0.2, 0.25) is 0 Å². The molecule has 0 rings (SSSR count). The quantitative estimate of drug-likeness (QED) is 0.411. The van der Waals surface area contributed by atoms with Crippen LogP contribution in [0.4, 0.5) is 0 Å². The first-order chi connectivity index (χ1) is 4.18. The Morgan fingerprint density at radius 1 is 1.60 bits per heavy atom. The molecule has 0 fully saturated rings. The van der Waals surface area contributed by atoms with Crippen molar-refractivity contribution in [2.75, 3.05) is 6.61 Å².